The maximum absolute atomic E-state index is 12.2. The number of ether oxygens (including phenoxy) is 1. The van der Waals surface area contributed by atoms with E-state index < -0.39 is 11.7 Å². The summed E-state index contributed by atoms with van der Waals surface area (Å²) in [6.07, 6.45) is 11.8. The van der Waals surface area contributed by atoms with Crippen molar-refractivity contribution in [3.8, 4) is 21.1 Å². The van der Waals surface area contributed by atoms with E-state index in [9.17, 15) is 14.4 Å². The Morgan fingerprint density at radius 3 is 1.77 bits per heavy atom. The van der Waals surface area contributed by atoms with Crippen molar-refractivity contribution in [3.63, 3.8) is 0 Å². The van der Waals surface area contributed by atoms with Crippen LogP contribution in [0, 0.1) is 0 Å². The first-order valence-electron chi connectivity index (χ1n) is 17.3. The third-order valence-electron chi connectivity index (χ3n) is 8.68. The molecule has 0 fully saturated rings. The quantitative estimate of drug-likeness (QED) is 0.135. The van der Waals surface area contributed by atoms with E-state index in [1.807, 2.05) is 32.9 Å². The van der Waals surface area contributed by atoms with Gasteiger partial charge in [-0.2, -0.15) is 0 Å². The minimum absolute atomic E-state index is 0.00333. The number of fused-ring (bicyclic) bond motifs is 4. The van der Waals surface area contributed by atoms with E-state index in [0.717, 1.165) is 83.7 Å². The van der Waals surface area contributed by atoms with Gasteiger partial charge >= 0.3 is 6.09 Å². The zero-order valence-corrected chi connectivity index (χ0v) is 33.3. The molecule has 0 radical (unpaired) electrons. The standard InChI is InChI=1S/C21H24N4O3S2.C16H16N4OS2/c1-11(26)23-18-17(19-25-14-10-22-8-7-15(14)29-19)13-6-5-12(9-16(13)30-18)24-20(27)28-21(2,3)4;1-8(21)19-15-14(10-3-2-9(17)6-13(10)23-15)16-20-11-7-18-5-4-12(11)22-16/h7-8,10,12H,5-6,9H2,1-4H3,(H,23,26)(H,24,27);4-5,7,9H,2-3,6,17H2,1H3,(H,19,21). The molecule has 2 aliphatic carbocycles. The van der Waals surface area contributed by atoms with Gasteiger partial charge in [-0.05, 0) is 76.1 Å². The molecule has 0 saturated heterocycles. The lowest BCUT2D eigenvalue weighted by molar-refractivity contribution is -0.115. The fourth-order valence-electron chi connectivity index (χ4n) is 6.52. The van der Waals surface area contributed by atoms with E-state index in [1.54, 1.807) is 70.1 Å². The van der Waals surface area contributed by atoms with Crippen LogP contribution in [0.3, 0.4) is 0 Å². The fourth-order valence-corrected chi connectivity index (χ4v) is 11.4. The van der Waals surface area contributed by atoms with Crippen LogP contribution in [0.2, 0.25) is 0 Å². The Bertz CT molecular complexity index is 2270. The molecule has 12 nitrogen and oxygen atoms in total. The molecule has 3 amide bonds. The van der Waals surface area contributed by atoms with Gasteiger partial charge in [-0.1, -0.05) is 0 Å². The zero-order valence-electron chi connectivity index (χ0n) is 30.0. The predicted octanol–water partition coefficient (Wildman–Crippen LogP) is 7.95. The molecule has 0 saturated carbocycles. The molecule has 6 aromatic rings. The van der Waals surface area contributed by atoms with Gasteiger partial charge in [0.25, 0.3) is 0 Å². The van der Waals surface area contributed by atoms with Gasteiger partial charge in [0.1, 0.15) is 36.7 Å². The van der Waals surface area contributed by atoms with E-state index in [4.69, 9.17) is 20.4 Å². The van der Waals surface area contributed by atoms with Crippen LogP contribution in [0.5, 0.6) is 0 Å². The van der Waals surface area contributed by atoms with Gasteiger partial charge in [-0.25, -0.2) is 14.8 Å². The number of carbonyl (C=O) groups excluding carboxylic acids is 3. The van der Waals surface area contributed by atoms with Crippen LogP contribution in [-0.4, -0.2) is 55.5 Å². The van der Waals surface area contributed by atoms with Crippen LogP contribution < -0.4 is 21.7 Å². The van der Waals surface area contributed by atoms with Gasteiger partial charge in [-0.3, -0.25) is 19.6 Å². The van der Waals surface area contributed by atoms with Crippen molar-refractivity contribution in [3.05, 3.63) is 57.8 Å². The second kappa shape index (κ2) is 15.2. The van der Waals surface area contributed by atoms with Gasteiger partial charge in [0, 0.05) is 65.6 Å². The van der Waals surface area contributed by atoms with Crippen LogP contribution in [-0.2, 0) is 40.0 Å². The van der Waals surface area contributed by atoms with Gasteiger partial charge in [0.05, 0.1) is 21.8 Å². The summed E-state index contributed by atoms with van der Waals surface area (Å²) in [7, 11) is 0. The minimum atomic E-state index is -0.527. The predicted molar refractivity (Wildman–Crippen MR) is 215 cm³/mol. The average Bonchev–Trinajstić information content (AvgIpc) is 3.84. The van der Waals surface area contributed by atoms with E-state index in [2.05, 4.69) is 25.9 Å². The summed E-state index contributed by atoms with van der Waals surface area (Å²) < 4.78 is 7.57. The van der Waals surface area contributed by atoms with Crippen LogP contribution in [0.15, 0.2) is 36.9 Å². The van der Waals surface area contributed by atoms with Gasteiger partial charge in [0.15, 0.2) is 0 Å². The molecule has 5 N–H and O–H groups in total. The Morgan fingerprint density at radius 1 is 0.774 bits per heavy atom. The largest absolute Gasteiger partial charge is 0.444 e. The summed E-state index contributed by atoms with van der Waals surface area (Å²) in [5.74, 6) is -0.169. The van der Waals surface area contributed by atoms with Gasteiger partial charge < -0.3 is 26.4 Å². The molecule has 0 spiro atoms. The lowest BCUT2D eigenvalue weighted by atomic mass is 9.92. The highest BCUT2D eigenvalue weighted by atomic mass is 32.1. The molecule has 6 heterocycles. The lowest BCUT2D eigenvalue weighted by Crippen LogP contribution is -2.41. The third-order valence-corrected chi connectivity index (χ3v) is 13.1. The number of nitrogens with two attached hydrogens (primary N) is 1. The van der Waals surface area contributed by atoms with Crippen molar-refractivity contribution >= 4 is 93.7 Å². The molecule has 2 atom stereocenters. The SMILES string of the molecule is CC(=O)Nc1sc2c(c1-c1nc3cnccc3s1)CCC(N)C2.CC(=O)Nc1sc2c(c1-c1nc3cnccc3s1)CCC(NC(=O)OC(C)(C)C)C2. The number of pyridine rings is 2. The zero-order chi connectivity index (χ0) is 37.4. The number of carbonyl (C=O) groups is 3. The number of hydrogen-bond donors (Lipinski definition) is 4. The van der Waals surface area contributed by atoms with E-state index in [-0.39, 0.29) is 23.9 Å². The highest BCUT2D eigenvalue weighted by molar-refractivity contribution is 7.23. The first-order chi connectivity index (χ1) is 25.3. The van der Waals surface area contributed by atoms with E-state index in [1.165, 1.54) is 34.7 Å². The van der Waals surface area contributed by atoms with Gasteiger partial charge in [-0.15, -0.1) is 45.3 Å². The summed E-state index contributed by atoms with van der Waals surface area (Å²) in [4.78, 5) is 55.8. The highest BCUT2D eigenvalue weighted by Gasteiger charge is 2.30. The number of nitrogens with zero attached hydrogens (tertiary/aromatic N) is 4. The minimum Gasteiger partial charge on any atom is -0.444 e. The first kappa shape index (κ1) is 37.0. The number of amides is 3. The Morgan fingerprint density at radius 2 is 1.28 bits per heavy atom. The smallest absolute Gasteiger partial charge is 0.407 e. The van der Waals surface area contributed by atoms with Crippen molar-refractivity contribution in [2.75, 3.05) is 10.6 Å². The van der Waals surface area contributed by atoms with Crippen molar-refractivity contribution in [2.24, 2.45) is 5.73 Å². The number of aromatic nitrogens is 4. The van der Waals surface area contributed by atoms with Crippen LogP contribution >= 0.6 is 45.3 Å². The number of thiophene rings is 2. The highest BCUT2D eigenvalue weighted by Crippen LogP contribution is 2.47. The number of alkyl carbamates (subject to hydrolysis) is 1. The summed E-state index contributed by atoms with van der Waals surface area (Å²) in [6, 6.07) is 4.14. The van der Waals surface area contributed by atoms with Crippen molar-refractivity contribution in [2.45, 2.75) is 90.8 Å². The van der Waals surface area contributed by atoms with Crippen LogP contribution in [0.1, 0.15) is 68.3 Å². The summed E-state index contributed by atoms with van der Waals surface area (Å²) in [5, 5.41) is 12.5. The maximum atomic E-state index is 12.2. The molecule has 2 aliphatic rings. The number of anilines is 2. The van der Waals surface area contributed by atoms with Crippen molar-refractivity contribution in [1.29, 1.82) is 0 Å². The average molecular weight is 789 g/mol. The molecule has 8 rings (SSSR count). The molecular weight excluding hydrogens is 749 g/mol. The molecular formula is C37H40N8O4S4. The summed E-state index contributed by atoms with van der Waals surface area (Å²) >= 11 is 6.45. The topological polar surface area (TPSA) is 174 Å². The molecule has 16 heteroatoms. The van der Waals surface area contributed by atoms with Crippen molar-refractivity contribution < 1.29 is 19.1 Å². The van der Waals surface area contributed by atoms with E-state index >= 15 is 0 Å². The normalized spacial score (nSPS) is 16.6. The fraction of sp³-hybridized carbons (Fsp3) is 0.378. The number of thiazole rings is 2. The van der Waals surface area contributed by atoms with E-state index in [0.29, 0.717) is 6.42 Å². The Labute approximate surface area is 322 Å². The second-order valence-corrected chi connectivity index (χ2v) is 18.4. The summed E-state index contributed by atoms with van der Waals surface area (Å²) in [6.45, 7) is 8.60. The molecule has 0 aliphatic heterocycles. The Kier molecular flexibility index (Phi) is 10.6. The molecule has 53 heavy (non-hydrogen) atoms. The monoisotopic (exact) mass is 788 g/mol. The Hall–Kier alpha value is -4.35. The van der Waals surface area contributed by atoms with Crippen LogP contribution in [0.25, 0.3) is 41.6 Å². The lowest BCUT2D eigenvalue weighted by Gasteiger charge is -2.26. The van der Waals surface area contributed by atoms with Crippen molar-refractivity contribution in [1.82, 2.24) is 25.3 Å². The van der Waals surface area contributed by atoms with Crippen LogP contribution in [0.4, 0.5) is 14.8 Å². The Balaban J connectivity index is 0.000000170. The molecule has 0 aromatic carbocycles. The maximum Gasteiger partial charge on any atom is 0.407 e. The number of hydrogen-bond acceptors (Lipinski definition) is 13. The van der Waals surface area contributed by atoms with Gasteiger partial charge in [0.2, 0.25) is 11.8 Å². The third kappa shape index (κ3) is 8.41. The number of rotatable bonds is 5. The molecule has 276 valence electrons. The molecule has 0 bridgehead atoms. The second-order valence-electron chi connectivity index (χ2n) is 14.1. The molecule has 6 aromatic heterocycles. The number of nitrogens with one attached hydrogen (secondary N) is 3. The first-order valence-corrected chi connectivity index (χ1v) is 20.6. The molecule has 2 unspecified atom stereocenters. The summed E-state index contributed by atoms with van der Waals surface area (Å²) in [5.41, 5.74) is 11.9.